The number of anilines is 1. The van der Waals surface area contributed by atoms with Gasteiger partial charge in [0.2, 0.25) is 11.8 Å². The van der Waals surface area contributed by atoms with Crippen LogP contribution in [0.1, 0.15) is 13.8 Å². The van der Waals surface area contributed by atoms with Gasteiger partial charge in [-0.1, -0.05) is 25.4 Å². The van der Waals surface area contributed by atoms with E-state index < -0.39 is 11.9 Å². The van der Waals surface area contributed by atoms with E-state index in [0.717, 1.165) is 6.07 Å². The van der Waals surface area contributed by atoms with Gasteiger partial charge in [-0.05, 0) is 24.1 Å². The minimum absolute atomic E-state index is 0.0871. The average molecular weight is 285 g/mol. The molecule has 0 aromatic heterocycles. The predicted octanol–water partition coefficient (Wildman–Crippen LogP) is 1.97. The van der Waals surface area contributed by atoms with Crippen molar-refractivity contribution in [2.45, 2.75) is 19.9 Å². The Kier molecular flexibility index (Phi) is 3.75. The highest BCUT2D eigenvalue weighted by molar-refractivity contribution is 6.31. The van der Waals surface area contributed by atoms with Crippen LogP contribution in [0.5, 0.6) is 0 Å². The molecule has 102 valence electrons. The Hall–Kier alpha value is -1.62. The van der Waals surface area contributed by atoms with Crippen molar-refractivity contribution in [3.8, 4) is 0 Å². The van der Waals surface area contributed by atoms with E-state index in [1.165, 1.54) is 17.0 Å². The Morgan fingerprint density at radius 3 is 2.63 bits per heavy atom. The molecule has 0 radical (unpaired) electrons. The van der Waals surface area contributed by atoms with Crippen LogP contribution in [0.3, 0.4) is 0 Å². The molecule has 1 atom stereocenters. The zero-order valence-electron chi connectivity index (χ0n) is 10.6. The van der Waals surface area contributed by atoms with Crippen LogP contribution in [0.2, 0.25) is 5.02 Å². The molecule has 2 rings (SSSR count). The van der Waals surface area contributed by atoms with Crippen molar-refractivity contribution in [1.29, 1.82) is 0 Å². The molecule has 0 aliphatic carbocycles. The number of nitrogens with zero attached hydrogens (tertiary/aromatic N) is 1. The lowest BCUT2D eigenvalue weighted by Gasteiger charge is -2.37. The molecular formula is C13H14ClFN2O2. The van der Waals surface area contributed by atoms with Crippen LogP contribution >= 0.6 is 11.6 Å². The summed E-state index contributed by atoms with van der Waals surface area (Å²) in [6.07, 6.45) is 0. The lowest BCUT2D eigenvalue weighted by Crippen LogP contribution is -2.60. The summed E-state index contributed by atoms with van der Waals surface area (Å²) in [6.45, 7) is 3.57. The van der Waals surface area contributed by atoms with Crippen LogP contribution in [0.15, 0.2) is 18.2 Å². The number of amides is 2. The van der Waals surface area contributed by atoms with E-state index in [0.29, 0.717) is 5.69 Å². The normalized spacial score (nSPS) is 19.8. The lowest BCUT2D eigenvalue weighted by molar-refractivity contribution is -0.131. The largest absolute Gasteiger partial charge is 0.345 e. The van der Waals surface area contributed by atoms with Gasteiger partial charge in [0, 0.05) is 10.7 Å². The van der Waals surface area contributed by atoms with E-state index in [1.54, 1.807) is 0 Å². The van der Waals surface area contributed by atoms with Crippen LogP contribution in [0.25, 0.3) is 0 Å². The first-order valence-corrected chi connectivity index (χ1v) is 6.34. The van der Waals surface area contributed by atoms with Crippen LogP contribution in [-0.4, -0.2) is 24.4 Å². The van der Waals surface area contributed by atoms with Gasteiger partial charge in [0.25, 0.3) is 0 Å². The van der Waals surface area contributed by atoms with Gasteiger partial charge >= 0.3 is 0 Å². The third-order valence-electron chi connectivity index (χ3n) is 2.99. The van der Waals surface area contributed by atoms with Gasteiger partial charge in [-0.3, -0.25) is 14.5 Å². The second kappa shape index (κ2) is 5.17. The molecule has 1 unspecified atom stereocenters. The molecule has 1 aromatic carbocycles. The van der Waals surface area contributed by atoms with Crippen molar-refractivity contribution >= 4 is 29.1 Å². The maximum absolute atomic E-state index is 13.4. The number of benzene rings is 1. The second-order valence-corrected chi connectivity index (χ2v) is 5.23. The maximum Gasteiger partial charge on any atom is 0.247 e. The molecule has 1 fully saturated rings. The van der Waals surface area contributed by atoms with Crippen molar-refractivity contribution < 1.29 is 14.0 Å². The average Bonchev–Trinajstić information content (AvgIpc) is 2.29. The van der Waals surface area contributed by atoms with Crippen LogP contribution < -0.4 is 10.2 Å². The van der Waals surface area contributed by atoms with Gasteiger partial charge in [-0.15, -0.1) is 0 Å². The number of rotatable bonds is 2. The zero-order valence-corrected chi connectivity index (χ0v) is 11.4. The highest BCUT2D eigenvalue weighted by Gasteiger charge is 2.37. The number of hydrogen-bond donors (Lipinski definition) is 1. The number of halogens is 2. The Bertz CT molecular complexity index is 513. The van der Waals surface area contributed by atoms with E-state index in [1.807, 2.05) is 13.8 Å². The highest BCUT2D eigenvalue weighted by atomic mass is 35.5. The summed E-state index contributed by atoms with van der Waals surface area (Å²) in [5, 5.41) is 2.73. The number of nitrogens with one attached hydrogen (secondary N) is 1. The van der Waals surface area contributed by atoms with Gasteiger partial charge < -0.3 is 5.32 Å². The minimum Gasteiger partial charge on any atom is -0.345 e. The predicted molar refractivity (Wildman–Crippen MR) is 70.5 cm³/mol. The zero-order chi connectivity index (χ0) is 14.2. The summed E-state index contributed by atoms with van der Waals surface area (Å²) in [4.78, 5) is 25.2. The van der Waals surface area contributed by atoms with Crippen molar-refractivity contribution in [3.63, 3.8) is 0 Å². The van der Waals surface area contributed by atoms with Crippen molar-refractivity contribution in [2.75, 3.05) is 11.4 Å². The van der Waals surface area contributed by atoms with Crippen molar-refractivity contribution in [3.05, 3.63) is 29.0 Å². The first kappa shape index (κ1) is 13.8. The van der Waals surface area contributed by atoms with Gasteiger partial charge in [0.15, 0.2) is 0 Å². The first-order chi connectivity index (χ1) is 8.90. The van der Waals surface area contributed by atoms with Crippen LogP contribution in [-0.2, 0) is 9.59 Å². The summed E-state index contributed by atoms with van der Waals surface area (Å²) in [5.41, 5.74) is 0.309. The smallest absolute Gasteiger partial charge is 0.247 e. The molecular weight excluding hydrogens is 271 g/mol. The van der Waals surface area contributed by atoms with E-state index in [9.17, 15) is 14.0 Å². The quantitative estimate of drug-likeness (QED) is 0.903. The summed E-state index contributed by atoms with van der Waals surface area (Å²) < 4.78 is 13.4. The molecule has 1 heterocycles. The van der Waals surface area contributed by atoms with Crippen LogP contribution in [0, 0.1) is 11.7 Å². The number of hydrogen-bond acceptors (Lipinski definition) is 2. The minimum atomic E-state index is -0.654. The summed E-state index contributed by atoms with van der Waals surface area (Å²) in [6, 6.07) is 3.19. The standard InChI is InChI=1S/C13H14ClFN2O2/c1-7(2)12-13(19)16-6-11(18)17(12)10-4-8(14)3-9(15)5-10/h3-5,7,12H,6H2,1-2H3,(H,16,19). The van der Waals surface area contributed by atoms with Crippen LogP contribution in [0.4, 0.5) is 10.1 Å². The Morgan fingerprint density at radius 2 is 2.05 bits per heavy atom. The fraction of sp³-hybridized carbons (Fsp3) is 0.385. The summed E-state index contributed by atoms with van der Waals surface area (Å²) in [7, 11) is 0. The topological polar surface area (TPSA) is 49.4 Å². The van der Waals surface area contributed by atoms with Gasteiger partial charge in [0.05, 0.1) is 6.54 Å². The molecule has 1 aliphatic rings. The van der Waals surface area contributed by atoms with Gasteiger partial charge in [0.1, 0.15) is 11.9 Å². The van der Waals surface area contributed by atoms with Crippen molar-refractivity contribution in [1.82, 2.24) is 5.32 Å². The lowest BCUT2D eigenvalue weighted by atomic mass is 9.98. The molecule has 1 aromatic rings. The Labute approximate surface area is 115 Å². The number of piperazine rings is 1. The summed E-state index contributed by atoms with van der Waals surface area (Å²) >= 11 is 5.80. The molecule has 0 bridgehead atoms. The molecule has 4 nitrogen and oxygen atoms in total. The molecule has 0 spiro atoms. The molecule has 6 heteroatoms. The number of carbonyl (C=O) groups excluding carboxylic acids is 2. The summed E-state index contributed by atoms with van der Waals surface area (Å²) in [5.74, 6) is -1.15. The van der Waals surface area contributed by atoms with Gasteiger partial charge in [-0.2, -0.15) is 0 Å². The first-order valence-electron chi connectivity index (χ1n) is 5.96. The van der Waals surface area contributed by atoms with Gasteiger partial charge in [-0.25, -0.2) is 4.39 Å². The third kappa shape index (κ3) is 2.71. The number of carbonyl (C=O) groups is 2. The fourth-order valence-corrected chi connectivity index (χ4v) is 2.42. The Balaban J connectivity index is 2.48. The SMILES string of the molecule is CC(C)C1C(=O)NCC(=O)N1c1cc(F)cc(Cl)c1. The second-order valence-electron chi connectivity index (χ2n) is 4.80. The third-order valence-corrected chi connectivity index (χ3v) is 3.20. The molecule has 1 N–H and O–H groups in total. The van der Waals surface area contributed by atoms with E-state index in [2.05, 4.69) is 5.32 Å². The fourth-order valence-electron chi connectivity index (χ4n) is 2.21. The Morgan fingerprint density at radius 1 is 1.37 bits per heavy atom. The molecule has 2 amide bonds. The van der Waals surface area contributed by atoms with Crippen molar-refractivity contribution in [2.24, 2.45) is 5.92 Å². The molecule has 19 heavy (non-hydrogen) atoms. The molecule has 1 saturated heterocycles. The van der Waals surface area contributed by atoms with E-state index in [4.69, 9.17) is 11.6 Å². The monoisotopic (exact) mass is 284 g/mol. The highest BCUT2D eigenvalue weighted by Crippen LogP contribution is 2.27. The maximum atomic E-state index is 13.4. The molecule has 1 aliphatic heterocycles. The molecule has 0 saturated carbocycles. The van der Waals surface area contributed by atoms with E-state index >= 15 is 0 Å². The van der Waals surface area contributed by atoms with E-state index in [-0.39, 0.29) is 29.3 Å².